The van der Waals surface area contributed by atoms with Crippen LogP contribution in [0.3, 0.4) is 0 Å². The average Bonchev–Trinajstić information content (AvgIpc) is 3.41. The van der Waals surface area contributed by atoms with Gasteiger partial charge < -0.3 is 20.0 Å². The van der Waals surface area contributed by atoms with Crippen LogP contribution in [-0.2, 0) is 4.79 Å². The molecule has 33 heavy (non-hydrogen) atoms. The molecule has 2 N–H and O–H groups in total. The van der Waals surface area contributed by atoms with Crippen LogP contribution in [0.1, 0.15) is 35.5 Å². The van der Waals surface area contributed by atoms with Crippen LogP contribution in [0.15, 0.2) is 59.0 Å². The highest BCUT2D eigenvalue weighted by atomic mass is 35.5. The van der Waals surface area contributed by atoms with Crippen LogP contribution >= 0.6 is 11.6 Å². The number of carbonyl (C=O) groups is 2. The van der Waals surface area contributed by atoms with Gasteiger partial charge in [0.15, 0.2) is 0 Å². The first-order chi connectivity index (χ1) is 16.0. The van der Waals surface area contributed by atoms with Gasteiger partial charge in [0, 0.05) is 40.5 Å². The minimum Gasteiger partial charge on any atom is -0.457 e. The number of furan rings is 1. The Bertz CT molecular complexity index is 1210. The fourth-order valence-corrected chi connectivity index (χ4v) is 3.99. The summed E-state index contributed by atoms with van der Waals surface area (Å²) in [6, 6.07) is 16.2. The number of halogens is 1. The summed E-state index contributed by atoms with van der Waals surface area (Å²) in [4.78, 5) is 27.2. The van der Waals surface area contributed by atoms with Crippen LogP contribution < -0.4 is 10.6 Å². The number of rotatable bonds is 8. The summed E-state index contributed by atoms with van der Waals surface area (Å²) in [6.07, 6.45) is 1.70. The van der Waals surface area contributed by atoms with Gasteiger partial charge in [-0.25, -0.2) is 0 Å². The Balaban J connectivity index is 1.50. The number of benzene rings is 2. The van der Waals surface area contributed by atoms with Gasteiger partial charge in [0.2, 0.25) is 0 Å². The Morgan fingerprint density at radius 3 is 2.73 bits per heavy atom. The molecule has 6 nitrogen and oxygen atoms in total. The van der Waals surface area contributed by atoms with Crippen LogP contribution in [0.5, 0.6) is 0 Å². The summed E-state index contributed by atoms with van der Waals surface area (Å²) >= 11 is 6.10. The molecule has 1 aliphatic rings. The number of anilines is 1. The van der Waals surface area contributed by atoms with E-state index >= 15 is 0 Å². The van der Waals surface area contributed by atoms with Gasteiger partial charge >= 0.3 is 0 Å². The van der Waals surface area contributed by atoms with Crippen molar-refractivity contribution < 1.29 is 14.0 Å². The lowest BCUT2D eigenvalue weighted by Crippen LogP contribution is -2.34. The molecule has 0 aliphatic carbocycles. The number of hydrogen-bond acceptors (Lipinski definition) is 4. The van der Waals surface area contributed by atoms with E-state index in [2.05, 4.69) is 29.4 Å². The first kappa shape index (κ1) is 22.8. The van der Waals surface area contributed by atoms with E-state index in [-0.39, 0.29) is 11.8 Å². The largest absolute Gasteiger partial charge is 0.457 e. The third kappa shape index (κ3) is 5.18. The number of amides is 2. The molecule has 1 aromatic heterocycles. The van der Waals surface area contributed by atoms with E-state index in [1.807, 2.05) is 18.2 Å². The van der Waals surface area contributed by atoms with E-state index < -0.39 is 0 Å². The SMILES string of the molecule is CCN(CC)CCNC(=O)c1cccc(-c2ccc(C=C3C(=O)Nc4ccc(Cl)cc43)o2)c1. The molecule has 170 valence electrons. The normalized spacial score (nSPS) is 13.9. The van der Waals surface area contributed by atoms with Crippen molar-refractivity contribution >= 4 is 40.8 Å². The molecule has 2 amide bonds. The highest BCUT2D eigenvalue weighted by molar-refractivity contribution is 6.36. The van der Waals surface area contributed by atoms with Crippen molar-refractivity contribution in [3.05, 3.63) is 76.5 Å². The topological polar surface area (TPSA) is 74.6 Å². The maximum absolute atomic E-state index is 12.6. The predicted molar refractivity (Wildman–Crippen MR) is 132 cm³/mol. The van der Waals surface area contributed by atoms with Crippen molar-refractivity contribution in [3.8, 4) is 11.3 Å². The highest BCUT2D eigenvalue weighted by Crippen LogP contribution is 2.35. The first-order valence-electron chi connectivity index (χ1n) is 11.0. The van der Waals surface area contributed by atoms with Gasteiger partial charge in [0.1, 0.15) is 11.5 Å². The Hall–Kier alpha value is -3.35. The summed E-state index contributed by atoms with van der Waals surface area (Å²) in [7, 11) is 0. The minimum absolute atomic E-state index is 0.117. The van der Waals surface area contributed by atoms with E-state index in [0.29, 0.717) is 34.2 Å². The van der Waals surface area contributed by atoms with Gasteiger partial charge in [-0.1, -0.05) is 37.6 Å². The zero-order chi connectivity index (χ0) is 23.4. The molecule has 0 radical (unpaired) electrons. The predicted octanol–water partition coefficient (Wildman–Crippen LogP) is 5.16. The molecular formula is C26H26ClN3O3. The van der Waals surface area contributed by atoms with Crippen molar-refractivity contribution in [2.75, 3.05) is 31.5 Å². The van der Waals surface area contributed by atoms with Gasteiger partial charge in [-0.05, 0) is 61.6 Å². The smallest absolute Gasteiger partial charge is 0.256 e. The number of hydrogen-bond donors (Lipinski definition) is 2. The zero-order valence-electron chi connectivity index (χ0n) is 18.7. The standard InChI is InChI=1S/C26H26ClN3O3/c1-3-30(4-2)13-12-28-25(31)18-7-5-6-17(14-18)24-11-9-20(33-24)16-22-21-15-19(27)8-10-23(21)29-26(22)32/h5-11,14-16H,3-4,12-13H2,1-2H3,(H,28,31)(H,29,32). The van der Waals surface area contributed by atoms with Gasteiger partial charge in [0.05, 0.1) is 5.57 Å². The molecule has 7 heteroatoms. The molecule has 0 unspecified atom stereocenters. The Morgan fingerprint density at radius 2 is 1.94 bits per heavy atom. The van der Waals surface area contributed by atoms with Gasteiger partial charge in [-0.2, -0.15) is 0 Å². The van der Waals surface area contributed by atoms with Crippen molar-refractivity contribution in [2.24, 2.45) is 0 Å². The molecule has 0 saturated heterocycles. The molecule has 0 fully saturated rings. The number of nitrogens with zero attached hydrogens (tertiary/aromatic N) is 1. The first-order valence-corrected chi connectivity index (χ1v) is 11.4. The second kappa shape index (κ2) is 10.1. The fourth-order valence-electron chi connectivity index (χ4n) is 3.81. The van der Waals surface area contributed by atoms with Crippen LogP contribution in [0.2, 0.25) is 5.02 Å². The molecule has 4 rings (SSSR count). The molecule has 3 aromatic rings. The molecular weight excluding hydrogens is 438 g/mol. The molecule has 0 spiro atoms. The monoisotopic (exact) mass is 463 g/mol. The second-order valence-corrected chi connectivity index (χ2v) is 8.20. The third-order valence-electron chi connectivity index (χ3n) is 5.70. The Morgan fingerprint density at radius 1 is 1.12 bits per heavy atom. The van der Waals surface area contributed by atoms with Crippen LogP contribution in [0.25, 0.3) is 23.0 Å². The quantitative estimate of drug-likeness (QED) is 0.452. The molecule has 1 aliphatic heterocycles. The summed E-state index contributed by atoms with van der Waals surface area (Å²) in [5.41, 5.74) is 3.32. The summed E-state index contributed by atoms with van der Waals surface area (Å²) < 4.78 is 5.97. The second-order valence-electron chi connectivity index (χ2n) is 7.77. The number of nitrogens with one attached hydrogen (secondary N) is 2. The zero-order valence-corrected chi connectivity index (χ0v) is 19.4. The van der Waals surface area contributed by atoms with Gasteiger partial charge in [-0.3, -0.25) is 9.59 Å². The molecule has 2 aromatic carbocycles. The third-order valence-corrected chi connectivity index (χ3v) is 5.93. The van der Waals surface area contributed by atoms with Crippen LogP contribution in [-0.4, -0.2) is 42.9 Å². The highest BCUT2D eigenvalue weighted by Gasteiger charge is 2.24. The van der Waals surface area contributed by atoms with Crippen molar-refractivity contribution in [3.63, 3.8) is 0 Å². The maximum Gasteiger partial charge on any atom is 0.256 e. The minimum atomic E-state index is -0.200. The molecule has 0 saturated carbocycles. The number of carbonyl (C=O) groups excluding carboxylic acids is 2. The molecule has 0 bridgehead atoms. The average molecular weight is 464 g/mol. The van der Waals surface area contributed by atoms with E-state index in [4.69, 9.17) is 16.0 Å². The van der Waals surface area contributed by atoms with E-state index in [1.165, 1.54) is 0 Å². The number of fused-ring (bicyclic) bond motifs is 1. The Kier molecular flexibility index (Phi) is 6.96. The van der Waals surface area contributed by atoms with Crippen molar-refractivity contribution in [2.45, 2.75) is 13.8 Å². The van der Waals surface area contributed by atoms with Crippen molar-refractivity contribution in [1.29, 1.82) is 0 Å². The fraction of sp³-hybridized carbons (Fsp3) is 0.231. The lowest BCUT2D eigenvalue weighted by atomic mass is 10.1. The maximum atomic E-state index is 12.6. The summed E-state index contributed by atoms with van der Waals surface area (Å²) in [5, 5.41) is 6.36. The summed E-state index contributed by atoms with van der Waals surface area (Å²) in [5.74, 6) is 0.837. The van der Waals surface area contributed by atoms with Gasteiger partial charge in [-0.15, -0.1) is 0 Å². The molecule has 0 atom stereocenters. The van der Waals surface area contributed by atoms with Crippen LogP contribution in [0, 0.1) is 0 Å². The molecule has 2 heterocycles. The van der Waals surface area contributed by atoms with Crippen molar-refractivity contribution in [1.82, 2.24) is 10.2 Å². The van der Waals surface area contributed by atoms with E-state index in [0.717, 1.165) is 36.4 Å². The van der Waals surface area contributed by atoms with E-state index in [9.17, 15) is 9.59 Å². The number of likely N-dealkylation sites (N-methyl/N-ethyl adjacent to an activating group) is 1. The Labute approximate surface area is 198 Å². The van der Waals surface area contributed by atoms with Crippen LogP contribution in [0.4, 0.5) is 5.69 Å². The lowest BCUT2D eigenvalue weighted by Gasteiger charge is -2.18. The van der Waals surface area contributed by atoms with Gasteiger partial charge in [0.25, 0.3) is 11.8 Å². The lowest BCUT2D eigenvalue weighted by molar-refractivity contribution is -0.110. The summed E-state index contributed by atoms with van der Waals surface area (Å²) in [6.45, 7) is 7.54. The van der Waals surface area contributed by atoms with E-state index in [1.54, 1.807) is 42.5 Å².